The van der Waals surface area contributed by atoms with E-state index in [0.717, 1.165) is 44.3 Å². The summed E-state index contributed by atoms with van der Waals surface area (Å²) in [6.07, 6.45) is 2.87. The number of nitrogens with zero attached hydrogens (tertiary/aromatic N) is 4. The molecule has 6 nitrogen and oxygen atoms in total. The van der Waals surface area contributed by atoms with Crippen molar-refractivity contribution in [3.05, 3.63) is 51.8 Å². The minimum atomic E-state index is 0.300. The number of amidine groups is 1. The molecule has 3 N–H and O–H groups in total. The lowest BCUT2D eigenvalue weighted by Gasteiger charge is -1.97. The van der Waals surface area contributed by atoms with Crippen LogP contribution < -0.4 is 5.73 Å². The van der Waals surface area contributed by atoms with E-state index in [9.17, 15) is 0 Å². The van der Waals surface area contributed by atoms with Gasteiger partial charge in [-0.2, -0.15) is 16.4 Å². The molecule has 4 heterocycles. The van der Waals surface area contributed by atoms with Gasteiger partial charge >= 0.3 is 0 Å². The molecule has 0 spiro atoms. The first-order valence-corrected chi connectivity index (χ1v) is 9.25. The smallest absolute Gasteiger partial charge is 0.144 e. The summed E-state index contributed by atoms with van der Waals surface area (Å²) < 4.78 is 1.85. The number of pyridine rings is 1. The van der Waals surface area contributed by atoms with Gasteiger partial charge in [0.2, 0.25) is 0 Å². The quantitative estimate of drug-likeness (QED) is 0.425. The van der Waals surface area contributed by atoms with Crippen molar-refractivity contribution >= 4 is 40.4 Å². The molecule has 0 bridgehead atoms. The van der Waals surface area contributed by atoms with Crippen LogP contribution in [-0.2, 0) is 0 Å². The summed E-state index contributed by atoms with van der Waals surface area (Å²) in [5.41, 5.74) is 10.8. The van der Waals surface area contributed by atoms with Gasteiger partial charge in [-0.25, -0.2) is 14.5 Å². The Balaban J connectivity index is 1.97. The standard InChI is InChI=1S/C17H14N6S2/c1-10-13(12-4-2-3-6-23(12)22-10)17-21-14(11-5-7-24-8-11)15(25-17)16(19)20-9-18/h2-9H,1H3,(H3,18,19,20). The molecule has 124 valence electrons. The Kier molecular flexibility index (Phi) is 3.90. The molecule has 4 rings (SSSR count). The highest BCUT2D eigenvalue weighted by Gasteiger charge is 2.21. The first kappa shape index (κ1) is 15.7. The van der Waals surface area contributed by atoms with E-state index in [2.05, 4.69) is 10.1 Å². The molecular formula is C17H14N6S2. The van der Waals surface area contributed by atoms with Crippen molar-refractivity contribution in [3.8, 4) is 21.8 Å². The largest absolute Gasteiger partial charge is 0.382 e. The Bertz CT molecular complexity index is 1090. The topological polar surface area (TPSA) is 92.4 Å². The van der Waals surface area contributed by atoms with Crippen molar-refractivity contribution in [3.63, 3.8) is 0 Å². The highest BCUT2D eigenvalue weighted by Crippen LogP contribution is 2.37. The molecule has 0 unspecified atom stereocenters. The highest BCUT2D eigenvalue weighted by atomic mass is 32.1. The van der Waals surface area contributed by atoms with Gasteiger partial charge in [-0.3, -0.25) is 5.41 Å². The number of aromatic nitrogens is 3. The summed E-state index contributed by atoms with van der Waals surface area (Å²) >= 11 is 3.08. The number of aliphatic imine (C=N–C) groups is 1. The van der Waals surface area contributed by atoms with Crippen LogP contribution in [0.3, 0.4) is 0 Å². The molecule has 25 heavy (non-hydrogen) atoms. The lowest BCUT2D eigenvalue weighted by Crippen LogP contribution is -2.12. The minimum Gasteiger partial charge on any atom is -0.382 e. The zero-order valence-corrected chi connectivity index (χ0v) is 14.9. The van der Waals surface area contributed by atoms with Gasteiger partial charge in [0.15, 0.2) is 0 Å². The number of thiophene rings is 1. The molecule has 0 saturated carbocycles. The molecule has 0 radical (unpaired) electrons. The van der Waals surface area contributed by atoms with E-state index in [4.69, 9.17) is 16.1 Å². The molecule has 8 heteroatoms. The summed E-state index contributed by atoms with van der Waals surface area (Å²) in [5.74, 6) is 0.300. The van der Waals surface area contributed by atoms with Gasteiger partial charge < -0.3 is 5.73 Å². The number of hydrogen-bond acceptors (Lipinski definition) is 5. The maximum atomic E-state index is 7.20. The first-order chi connectivity index (χ1) is 12.2. The van der Waals surface area contributed by atoms with E-state index in [0.29, 0.717) is 5.84 Å². The number of thiazole rings is 1. The second-order valence-corrected chi connectivity index (χ2v) is 7.12. The Morgan fingerprint density at radius 1 is 1.36 bits per heavy atom. The Morgan fingerprint density at radius 3 is 3.00 bits per heavy atom. The van der Waals surface area contributed by atoms with E-state index in [1.165, 1.54) is 11.3 Å². The van der Waals surface area contributed by atoms with Crippen molar-refractivity contribution in [2.45, 2.75) is 6.92 Å². The predicted octanol–water partition coefficient (Wildman–Crippen LogP) is 3.81. The summed E-state index contributed by atoms with van der Waals surface area (Å²) in [4.78, 5) is 9.55. The van der Waals surface area contributed by atoms with Crippen molar-refractivity contribution < 1.29 is 0 Å². The van der Waals surface area contributed by atoms with Crippen LogP contribution >= 0.6 is 22.7 Å². The third kappa shape index (κ3) is 2.65. The molecule has 0 aromatic carbocycles. The van der Waals surface area contributed by atoms with Gasteiger partial charge in [-0.15, -0.1) is 11.3 Å². The number of fused-ring (bicyclic) bond motifs is 1. The lowest BCUT2D eigenvalue weighted by molar-refractivity contribution is 0.934. The molecule has 0 aliphatic rings. The van der Waals surface area contributed by atoms with Gasteiger partial charge in [0, 0.05) is 17.1 Å². The van der Waals surface area contributed by atoms with Crippen LogP contribution in [0.1, 0.15) is 10.6 Å². The van der Waals surface area contributed by atoms with Crippen molar-refractivity contribution in [2.24, 2.45) is 10.7 Å². The van der Waals surface area contributed by atoms with Crippen LogP contribution in [-0.4, -0.2) is 26.8 Å². The normalized spacial score (nSPS) is 12.0. The molecular weight excluding hydrogens is 352 g/mol. The fourth-order valence-corrected chi connectivity index (χ4v) is 4.45. The van der Waals surface area contributed by atoms with E-state index in [1.807, 2.05) is 52.7 Å². The van der Waals surface area contributed by atoms with Gasteiger partial charge in [0.1, 0.15) is 17.2 Å². The summed E-state index contributed by atoms with van der Waals surface area (Å²) in [6, 6.07) is 7.96. The monoisotopic (exact) mass is 366 g/mol. The van der Waals surface area contributed by atoms with E-state index >= 15 is 0 Å². The van der Waals surface area contributed by atoms with Gasteiger partial charge in [-0.05, 0) is 30.5 Å². The minimum absolute atomic E-state index is 0.300. The maximum absolute atomic E-state index is 7.20. The molecule has 4 aromatic rings. The van der Waals surface area contributed by atoms with E-state index < -0.39 is 0 Å². The van der Waals surface area contributed by atoms with Crippen molar-refractivity contribution in [2.75, 3.05) is 0 Å². The number of nitrogens with one attached hydrogen (secondary N) is 1. The number of hydrogen-bond donors (Lipinski definition) is 2. The van der Waals surface area contributed by atoms with Crippen molar-refractivity contribution in [1.82, 2.24) is 14.6 Å². The maximum Gasteiger partial charge on any atom is 0.144 e. The van der Waals surface area contributed by atoms with Gasteiger partial charge in [0.05, 0.1) is 27.3 Å². The first-order valence-electron chi connectivity index (χ1n) is 7.49. The fourth-order valence-electron chi connectivity index (χ4n) is 2.70. The Morgan fingerprint density at radius 2 is 2.24 bits per heavy atom. The Labute approximate surface area is 151 Å². The SMILES string of the molecule is Cc1nn2ccccc2c1-c1nc(-c2ccsc2)c(C(N)=NC=N)s1. The molecule has 0 amide bonds. The predicted molar refractivity (Wildman–Crippen MR) is 104 cm³/mol. The number of rotatable bonds is 4. The Hall–Kier alpha value is -2.84. The highest BCUT2D eigenvalue weighted by molar-refractivity contribution is 7.17. The third-order valence-corrected chi connectivity index (χ3v) is 5.57. The second-order valence-electron chi connectivity index (χ2n) is 5.34. The summed E-state index contributed by atoms with van der Waals surface area (Å²) in [6.45, 7) is 1.97. The number of aryl methyl sites for hydroxylation is 1. The third-order valence-electron chi connectivity index (χ3n) is 3.79. The van der Waals surface area contributed by atoms with E-state index in [1.54, 1.807) is 11.3 Å². The molecule has 0 atom stereocenters. The van der Waals surface area contributed by atoms with Gasteiger partial charge in [0.25, 0.3) is 0 Å². The molecule has 0 saturated heterocycles. The average Bonchev–Trinajstić information content (AvgIpc) is 3.31. The molecule has 0 fully saturated rings. The fraction of sp³-hybridized carbons (Fsp3) is 0.0588. The summed E-state index contributed by atoms with van der Waals surface area (Å²) in [5, 5.41) is 16.6. The molecule has 0 aliphatic heterocycles. The zero-order chi connectivity index (χ0) is 17.4. The van der Waals surface area contributed by atoms with Crippen LogP contribution in [0, 0.1) is 12.3 Å². The second kappa shape index (κ2) is 6.23. The lowest BCUT2D eigenvalue weighted by atomic mass is 10.2. The number of nitrogens with two attached hydrogens (primary N) is 1. The van der Waals surface area contributed by atoms with Crippen LogP contribution in [0.25, 0.3) is 27.3 Å². The van der Waals surface area contributed by atoms with Crippen LogP contribution in [0.15, 0.2) is 46.2 Å². The van der Waals surface area contributed by atoms with Gasteiger partial charge in [-0.1, -0.05) is 6.07 Å². The summed E-state index contributed by atoms with van der Waals surface area (Å²) in [7, 11) is 0. The van der Waals surface area contributed by atoms with Crippen LogP contribution in [0.4, 0.5) is 0 Å². The van der Waals surface area contributed by atoms with E-state index in [-0.39, 0.29) is 0 Å². The average molecular weight is 366 g/mol. The molecule has 0 aliphatic carbocycles. The zero-order valence-electron chi connectivity index (χ0n) is 13.3. The van der Waals surface area contributed by atoms with Crippen LogP contribution in [0.2, 0.25) is 0 Å². The van der Waals surface area contributed by atoms with Crippen LogP contribution in [0.5, 0.6) is 0 Å². The molecule has 4 aromatic heterocycles. The van der Waals surface area contributed by atoms with Crippen molar-refractivity contribution in [1.29, 1.82) is 5.41 Å².